The number of hydrogen-bond donors (Lipinski definition) is 1. The van der Waals surface area contributed by atoms with Gasteiger partial charge >= 0.3 is 0 Å². The van der Waals surface area contributed by atoms with Crippen molar-refractivity contribution < 1.29 is 4.74 Å². The molecule has 23 heavy (non-hydrogen) atoms. The molecule has 2 aromatic heterocycles. The summed E-state index contributed by atoms with van der Waals surface area (Å²) >= 11 is 3.29. The van der Waals surface area contributed by atoms with Gasteiger partial charge in [0, 0.05) is 19.1 Å². The summed E-state index contributed by atoms with van der Waals surface area (Å²) in [6.07, 6.45) is 6.24. The highest BCUT2D eigenvalue weighted by molar-refractivity contribution is 8.00. The minimum absolute atomic E-state index is 0.157. The van der Waals surface area contributed by atoms with Gasteiger partial charge in [-0.25, -0.2) is 15.0 Å². The molecule has 2 atom stereocenters. The monoisotopic (exact) mass is 352 g/mol. The normalized spacial score (nSPS) is 22.4. The van der Waals surface area contributed by atoms with Crippen LogP contribution in [0.25, 0.3) is 10.3 Å². The Kier molecular flexibility index (Phi) is 5.08. The van der Waals surface area contributed by atoms with Gasteiger partial charge in [0.05, 0.1) is 6.10 Å². The van der Waals surface area contributed by atoms with E-state index >= 15 is 0 Å². The van der Waals surface area contributed by atoms with Crippen molar-refractivity contribution in [2.24, 2.45) is 11.3 Å². The van der Waals surface area contributed by atoms with Gasteiger partial charge in [0.15, 0.2) is 9.99 Å². The lowest BCUT2D eigenvalue weighted by molar-refractivity contribution is -0.0814. The molecule has 2 aromatic rings. The van der Waals surface area contributed by atoms with Gasteiger partial charge in [0.2, 0.25) is 0 Å². The Bertz CT molecular complexity index is 668. The molecular formula is C16H24N4OS2. The van der Waals surface area contributed by atoms with Crippen LogP contribution in [0.2, 0.25) is 0 Å². The van der Waals surface area contributed by atoms with E-state index < -0.39 is 0 Å². The molecular weight excluding hydrogens is 328 g/mol. The van der Waals surface area contributed by atoms with E-state index in [2.05, 4.69) is 41.0 Å². The van der Waals surface area contributed by atoms with E-state index in [0.717, 1.165) is 40.1 Å². The van der Waals surface area contributed by atoms with Crippen molar-refractivity contribution in [1.82, 2.24) is 15.0 Å². The first-order valence-corrected chi connectivity index (χ1v) is 10.0. The number of thioether (sulfide) groups is 1. The Morgan fingerprint density at radius 3 is 2.96 bits per heavy atom. The highest BCUT2D eigenvalue weighted by Crippen LogP contribution is 2.35. The predicted octanol–water partition coefficient (Wildman–Crippen LogP) is 4.06. The van der Waals surface area contributed by atoms with E-state index in [-0.39, 0.29) is 11.5 Å². The van der Waals surface area contributed by atoms with Gasteiger partial charge in [0.1, 0.15) is 16.8 Å². The van der Waals surface area contributed by atoms with Gasteiger partial charge in [-0.3, -0.25) is 0 Å². The number of fused-ring (bicyclic) bond motifs is 1. The lowest BCUT2D eigenvalue weighted by Crippen LogP contribution is -2.42. The second-order valence-corrected chi connectivity index (χ2v) is 9.05. The smallest absolute Gasteiger partial charge is 0.176 e. The maximum Gasteiger partial charge on any atom is 0.176 e. The van der Waals surface area contributed by atoms with Crippen molar-refractivity contribution in [2.45, 2.75) is 44.1 Å². The lowest BCUT2D eigenvalue weighted by Gasteiger charge is -2.40. The van der Waals surface area contributed by atoms with Crippen LogP contribution in [0, 0.1) is 11.3 Å². The van der Waals surface area contributed by atoms with Crippen LogP contribution < -0.4 is 5.32 Å². The summed E-state index contributed by atoms with van der Waals surface area (Å²) in [6.45, 7) is 8.52. The Hall–Kier alpha value is -0.920. The third-order valence-corrected chi connectivity index (χ3v) is 6.21. The molecule has 7 heteroatoms. The number of thiazole rings is 1. The highest BCUT2D eigenvalue weighted by atomic mass is 32.2. The van der Waals surface area contributed by atoms with Crippen LogP contribution in [-0.2, 0) is 4.74 Å². The van der Waals surface area contributed by atoms with Crippen molar-refractivity contribution in [3.05, 3.63) is 6.33 Å². The topological polar surface area (TPSA) is 59.9 Å². The standard InChI is InChI=1S/C16H24N4OS2/c1-16(2,3)12-10(6-5-7-21-12)8-17-13-11-14(19-9-18-13)20-15(22-4)23-11/h9-10,12H,5-8H2,1-4H3,(H,17,18,19). The summed E-state index contributed by atoms with van der Waals surface area (Å²) < 4.78 is 8.13. The Balaban J connectivity index is 1.75. The molecule has 3 rings (SSSR count). The number of ether oxygens (including phenoxy) is 1. The average molecular weight is 353 g/mol. The molecule has 126 valence electrons. The number of nitrogens with one attached hydrogen (secondary N) is 1. The van der Waals surface area contributed by atoms with Gasteiger partial charge in [-0.2, -0.15) is 0 Å². The van der Waals surface area contributed by atoms with Crippen molar-refractivity contribution in [1.29, 1.82) is 0 Å². The minimum atomic E-state index is 0.157. The number of rotatable bonds is 4. The molecule has 5 nitrogen and oxygen atoms in total. The summed E-state index contributed by atoms with van der Waals surface area (Å²) in [6, 6.07) is 0. The zero-order valence-corrected chi connectivity index (χ0v) is 15.8. The molecule has 0 bridgehead atoms. The molecule has 0 aromatic carbocycles. The average Bonchev–Trinajstić information content (AvgIpc) is 2.96. The second-order valence-electron chi connectivity index (χ2n) is 7.00. The van der Waals surface area contributed by atoms with Gasteiger partial charge in [-0.1, -0.05) is 32.5 Å². The molecule has 0 spiro atoms. The van der Waals surface area contributed by atoms with E-state index in [1.54, 1.807) is 29.4 Å². The number of hydrogen-bond acceptors (Lipinski definition) is 7. The maximum atomic E-state index is 6.07. The number of aromatic nitrogens is 3. The molecule has 1 N–H and O–H groups in total. The van der Waals surface area contributed by atoms with Crippen molar-refractivity contribution >= 4 is 39.3 Å². The molecule has 3 heterocycles. The zero-order valence-electron chi connectivity index (χ0n) is 14.1. The Labute approximate surface area is 145 Å². The minimum Gasteiger partial charge on any atom is -0.377 e. The molecule has 1 fully saturated rings. The molecule has 0 saturated carbocycles. The Morgan fingerprint density at radius 1 is 1.39 bits per heavy atom. The molecule has 2 unspecified atom stereocenters. The molecule has 1 aliphatic heterocycles. The summed E-state index contributed by atoms with van der Waals surface area (Å²) in [5, 5.41) is 3.53. The van der Waals surface area contributed by atoms with E-state index in [9.17, 15) is 0 Å². The van der Waals surface area contributed by atoms with Crippen LogP contribution >= 0.6 is 23.1 Å². The number of anilines is 1. The summed E-state index contributed by atoms with van der Waals surface area (Å²) in [4.78, 5) is 13.2. The highest BCUT2D eigenvalue weighted by Gasteiger charge is 2.35. The fourth-order valence-corrected chi connectivity index (χ4v) is 4.66. The van der Waals surface area contributed by atoms with Crippen LogP contribution in [0.15, 0.2) is 10.7 Å². The molecule has 0 amide bonds. The molecule has 0 radical (unpaired) electrons. The first kappa shape index (κ1) is 16.9. The van der Waals surface area contributed by atoms with E-state index in [4.69, 9.17) is 4.74 Å². The quantitative estimate of drug-likeness (QED) is 0.837. The third kappa shape index (κ3) is 3.78. The molecule has 1 aliphatic rings. The first-order chi connectivity index (χ1) is 11.0. The fraction of sp³-hybridized carbons (Fsp3) is 0.688. The van der Waals surface area contributed by atoms with Crippen LogP contribution in [0.5, 0.6) is 0 Å². The second kappa shape index (κ2) is 6.91. The van der Waals surface area contributed by atoms with Crippen molar-refractivity contribution in [3.63, 3.8) is 0 Å². The van der Waals surface area contributed by atoms with Gasteiger partial charge in [-0.15, -0.1) is 11.3 Å². The number of nitrogens with zero attached hydrogens (tertiary/aromatic N) is 3. The SMILES string of the molecule is CSc1nc2ncnc(NCC3CCCOC3C(C)(C)C)c2s1. The predicted molar refractivity (Wildman–Crippen MR) is 97.4 cm³/mol. The largest absolute Gasteiger partial charge is 0.377 e. The third-order valence-electron chi connectivity index (χ3n) is 4.18. The van der Waals surface area contributed by atoms with Crippen LogP contribution in [-0.4, -0.2) is 40.5 Å². The Morgan fingerprint density at radius 2 is 2.22 bits per heavy atom. The zero-order chi connectivity index (χ0) is 16.4. The summed E-state index contributed by atoms with van der Waals surface area (Å²) in [5.41, 5.74) is 0.939. The van der Waals surface area contributed by atoms with Crippen LogP contribution in [0.3, 0.4) is 0 Å². The fourth-order valence-electron chi connectivity index (χ4n) is 3.19. The van der Waals surface area contributed by atoms with Crippen molar-refractivity contribution in [2.75, 3.05) is 24.7 Å². The van der Waals surface area contributed by atoms with Crippen LogP contribution in [0.4, 0.5) is 5.82 Å². The summed E-state index contributed by atoms with van der Waals surface area (Å²) in [7, 11) is 0. The first-order valence-electron chi connectivity index (χ1n) is 8.00. The maximum absolute atomic E-state index is 6.07. The van der Waals surface area contributed by atoms with E-state index in [1.807, 2.05) is 6.26 Å². The van der Waals surface area contributed by atoms with E-state index in [0.29, 0.717) is 5.92 Å². The van der Waals surface area contributed by atoms with Gasteiger partial charge in [0.25, 0.3) is 0 Å². The van der Waals surface area contributed by atoms with Gasteiger partial charge < -0.3 is 10.1 Å². The van der Waals surface area contributed by atoms with Gasteiger partial charge in [-0.05, 0) is 24.5 Å². The van der Waals surface area contributed by atoms with Crippen LogP contribution in [0.1, 0.15) is 33.6 Å². The molecule has 1 saturated heterocycles. The lowest BCUT2D eigenvalue weighted by atomic mass is 9.78. The summed E-state index contributed by atoms with van der Waals surface area (Å²) in [5.74, 6) is 1.40. The van der Waals surface area contributed by atoms with E-state index in [1.165, 1.54) is 6.42 Å². The molecule has 0 aliphatic carbocycles. The van der Waals surface area contributed by atoms with Crippen molar-refractivity contribution in [3.8, 4) is 0 Å².